The summed E-state index contributed by atoms with van der Waals surface area (Å²) in [5.74, 6) is -0.331. The van der Waals surface area contributed by atoms with E-state index in [-0.39, 0.29) is 29.5 Å². The summed E-state index contributed by atoms with van der Waals surface area (Å²) < 4.78 is 37.7. The van der Waals surface area contributed by atoms with Gasteiger partial charge in [0, 0.05) is 43.7 Å². The quantitative estimate of drug-likeness (QED) is 0.297. The molecule has 2 atom stereocenters. The van der Waals surface area contributed by atoms with Gasteiger partial charge in [-0.25, -0.2) is 13.2 Å². The zero-order valence-electron chi connectivity index (χ0n) is 24.2. The summed E-state index contributed by atoms with van der Waals surface area (Å²) in [5.41, 5.74) is 2.39. The largest absolute Gasteiger partial charge is 0.446 e. The van der Waals surface area contributed by atoms with Crippen molar-refractivity contribution in [2.75, 3.05) is 31.4 Å². The minimum Gasteiger partial charge on any atom is -0.446 e. The molecule has 0 saturated heterocycles. The molecule has 11 nitrogen and oxygen atoms in total. The Kier molecular flexibility index (Phi) is 7.87. The SMILES string of the molecule is CO[C@H]1COC(=O)Nc2ccc(S(=O)(=O)C3CC3)c(c2)CN(C)C(=O)C(Nc2ccc3cc[nH]c(=O)c3c2)c2ccc1cc2. The summed E-state index contributed by atoms with van der Waals surface area (Å²) in [7, 11) is -0.511. The number of likely N-dealkylation sites (N-methyl/N-ethyl adjacent to an activating group) is 1. The van der Waals surface area contributed by atoms with Crippen LogP contribution in [0.4, 0.5) is 16.2 Å². The van der Waals surface area contributed by atoms with Gasteiger partial charge >= 0.3 is 6.09 Å². The number of anilines is 2. The average molecular weight is 617 g/mol. The zero-order valence-corrected chi connectivity index (χ0v) is 25.0. The molecule has 3 aliphatic rings. The van der Waals surface area contributed by atoms with Crippen LogP contribution in [0.25, 0.3) is 10.8 Å². The Morgan fingerprint density at radius 1 is 0.955 bits per heavy atom. The average Bonchev–Trinajstić information content (AvgIpc) is 3.87. The Hall–Kier alpha value is -4.68. The van der Waals surface area contributed by atoms with Crippen LogP contribution in [0.2, 0.25) is 0 Å². The molecular formula is C32H32N4O7S. The third-order valence-electron chi connectivity index (χ3n) is 7.99. The fraction of sp³-hybridized carbons (Fsp3) is 0.281. The molecule has 1 saturated carbocycles. The first-order valence-corrected chi connectivity index (χ1v) is 15.7. The number of H-pyrrole nitrogens is 1. The molecule has 0 radical (unpaired) electrons. The van der Waals surface area contributed by atoms with Gasteiger partial charge in [0.2, 0.25) is 5.91 Å². The van der Waals surface area contributed by atoms with E-state index >= 15 is 0 Å². The highest BCUT2D eigenvalue weighted by Crippen LogP contribution is 2.36. The first-order valence-electron chi connectivity index (χ1n) is 14.2. The van der Waals surface area contributed by atoms with E-state index in [0.29, 0.717) is 40.7 Å². The number of rotatable bonds is 5. The summed E-state index contributed by atoms with van der Waals surface area (Å²) in [5, 5.41) is 6.72. The van der Waals surface area contributed by atoms with Crippen LogP contribution in [-0.4, -0.2) is 56.3 Å². The summed E-state index contributed by atoms with van der Waals surface area (Å²) >= 11 is 0. The second-order valence-electron chi connectivity index (χ2n) is 11.1. The molecule has 2 amide bonds. The Labute approximate surface area is 254 Å². The van der Waals surface area contributed by atoms with Crippen molar-refractivity contribution >= 4 is 44.0 Å². The molecule has 2 aliphatic heterocycles. The van der Waals surface area contributed by atoms with Crippen molar-refractivity contribution in [3.05, 3.63) is 100.0 Å². The third-order valence-corrected chi connectivity index (χ3v) is 10.3. The van der Waals surface area contributed by atoms with Crippen LogP contribution in [0.5, 0.6) is 0 Å². The summed E-state index contributed by atoms with van der Waals surface area (Å²) in [4.78, 5) is 43.5. The van der Waals surface area contributed by atoms with Crippen molar-refractivity contribution in [3.63, 3.8) is 0 Å². The van der Waals surface area contributed by atoms with Crippen LogP contribution >= 0.6 is 0 Å². The van der Waals surface area contributed by atoms with Crippen molar-refractivity contribution in [1.82, 2.24) is 9.88 Å². The van der Waals surface area contributed by atoms with E-state index in [1.807, 2.05) is 0 Å². The molecule has 12 heteroatoms. The van der Waals surface area contributed by atoms with Gasteiger partial charge in [-0.05, 0) is 71.3 Å². The Balaban J connectivity index is 1.42. The number of aromatic nitrogens is 1. The van der Waals surface area contributed by atoms with Gasteiger partial charge in [0.1, 0.15) is 18.8 Å². The minimum atomic E-state index is -3.62. The summed E-state index contributed by atoms with van der Waals surface area (Å²) in [6.45, 7) is -0.109. The van der Waals surface area contributed by atoms with Gasteiger partial charge in [-0.3, -0.25) is 14.9 Å². The topological polar surface area (TPSA) is 147 Å². The van der Waals surface area contributed by atoms with Crippen molar-refractivity contribution in [2.45, 2.75) is 41.7 Å². The van der Waals surface area contributed by atoms with E-state index in [1.165, 1.54) is 24.1 Å². The predicted molar refractivity (Wildman–Crippen MR) is 165 cm³/mol. The molecule has 3 N–H and O–H groups in total. The number of amides is 2. The number of pyridine rings is 1. The van der Waals surface area contributed by atoms with E-state index in [4.69, 9.17) is 9.47 Å². The molecular weight excluding hydrogens is 584 g/mol. The number of hydrogen-bond donors (Lipinski definition) is 3. The molecule has 0 spiro atoms. The van der Waals surface area contributed by atoms with Gasteiger partial charge in [-0.15, -0.1) is 0 Å². The lowest BCUT2D eigenvalue weighted by atomic mass is 10.0. The van der Waals surface area contributed by atoms with Crippen molar-refractivity contribution < 1.29 is 27.5 Å². The number of sulfone groups is 1. The molecule has 44 heavy (non-hydrogen) atoms. The van der Waals surface area contributed by atoms with Crippen LogP contribution in [0, 0.1) is 0 Å². The number of carbonyl (C=O) groups excluding carboxylic acids is 2. The number of fused-ring (bicyclic) bond motifs is 10. The minimum absolute atomic E-state index is 0.0376. The summed E-state index contributed by atoms with van der Waals surface area (Å²) in [6.07, 6.45) is 1.46. The molecule has 1 unspecified atom stereocenters. The van der Waals surface area contributed by atoms with Gasteiger partial charge in [-0.2, -0.15) is 0 Å². The van der Waals surface area contributed by atoms with Crippen LogP contribution in [0.3, 0.4) is 0 Å². The van der Waals surface area contributed by atoms with Gasteiger partial charge in [0.25, 0.3) is 5.56 Å². The van der Waals surface area contributed by atoms with Crippen LogP contribution in [-0.2, 0) is 30.7 Å². The maximum absolute atomic E-state index is 14.2. The third kappa shape index (κ3) is 5.90. The standard InChI is InChI=1S/C32H32N4O7S/c1-36-17-22-15-23(9-12-28(22)44(40,41)25-10-11-25)35-32(39)43-18-27(42-2)20-3-5-21(6-4-20)29(31(36)38)34-24-8-7-19-13-14-33-30(37)26(19)16-24/h3-9,12-16,25,27,29,34H,10-11,17-18H2,1-2H3,(H,33,37)(H,35,39)/t27-,29?/m0/s1. The van der Waals surface area contributed by atoms with Crippen LogP contribution in [0.15, 0.2) is 82.6 Å². The molecule has 7 rings (SSSR count). The fourth-order valence-electron chi connectivity index (χ4n) is 5.41. The molecule has 1 fully saturated rings. The fourth-order valence-corrected chi connectivity index (χ4v) is 7.27. The highest BCUT2D eigenvalue weighted by atomic mass is 32.2. The molecule has 4 bridgehead atoms. The number of benzene rings is 3. The van der Waals surface area contributed by atoms with Gasteiger partial charge in [-0.1, -0.05) is 30.3 Å². The normalized spacial score (nSPS) is 19.5. The first kappa shape index (κ1) is 29.4. The Morgan fingerprint density at radius 2 is 1.70 bits per heavy atom. The number of nitrogens with one attached hydrogen (secondary N) is 3. The monoisotopic (exact) mass is 616 g/mol. The lowest BCUT2D eigenvalue weighted by Gasteiger charge is -2.27. The van der Waals surface area contributed by atoms with E-state index in [1.54, 1.807) is 67.8 Å². The van der Waals surface area contributed by atoms with Crippen molar-refractivity contribution in [2.24, 2.45) is 0 Å². The molecule has 3 aromatic carbocycles. The van der Waals surface area contributed by atoms with E-state index in [2.05, 4.69) is 15.6 Å². The zero-order chi connectivity index (χ0) is 31.0. The van der Waals surface area contributed by atoms with E-state index in [9.17, 15) is 22.8 Å². The molecule has 1 aliphatic carbocycles. The predicted octanol–water partition coefficient (Wildman–Crippen LogP) is 4.53. The lowest BCUT2D eigenvalue weighted by Crippen LogP contribution is -2.35. The molecule has 1 aromatic heterocycles. The highest BCUT2D eigenvalue weighted by molar-refractivity contribution is 7.92. The Morgan fingerprint density at radius 3 is 2.43 bits per heavy atom. The second-order valence-corrected chi connectivity index (χ2v) is 13.3. The maximum atomic E-state index is 14.2. The van der Waals surface area contributed by atoms with Gasteiger partial charge < -0.3 is 24.7 Å². The number of nitrogens with zero attached hydrogens (tertiary/aromatic N) is 1. The number of aromatic amines is 1. The van der Waals surface area contributed by atoms with Crippen LogP contribution in [0.1, 0.15) is 41.7 Å². The smallest absolute Gasteiger partial charge is 0.411 e. The number of hydrogen-bond acceptors (Lipinski definition) is 8. The maximum Gasteiger partial charge on any atom is 0.411 e. The highest BCUT2D eigenvalue weighted by Gasteiger charge is 2.38. The Bertz CT molecular complexity index is 1900. The molecule has 228 valence electrons. The van der Waals surface area contributed by atoms with Gasteiger partial charge in [0.05, 0.1) is 10.1 Å². The van der Waals surface area contributed by atoms with E-state index < -0.39 is 33.3 Å². The molecule has 4 aromatic rings. The van der Waals surface area contributed by atoms with Crippen molar-refractivity contribution in [1.29, 1.82) is 0 Å². The van der Waals surface area contributed by atoms with Crippen molar-refractivity contribution in [3.8, 4) is 0 Å². The molecule has 3 heterocycles. The number of carbonyl (C=O) groups is 2. The van der Waals surface area contributed by atoms with E-state index in [0.717, 1.165) is 10.9 Å². The van der Waals surface area contributed by atoms with Gasteiger partial charge in [0.15, 0.2) is 9.84 Å². The first-order chi connectivity index (χ1) is 21.1. The second kappa shape index (κ2) is 11.8. The van der Waals surface area contributed by atoms with Crippen LogP contribution < -0.4 is 16.2 Å². The number of methoxy groups -OCH3 is 1. The summed E-state index contributed by atoms with van der Waals surface area (Å²) in [6, 6.07) is 17.9. The lowest BCUT2D eigenvalue weighted by molar-refractivity contribution is -0.131. The number of ether oxygens (including phenoxy) is 2.